The van der Waals surface area contributed by atoms with Gasteiger partial charge in [-0.05, 0) is 42.0 Å². The van der Waals surface area contributed by atoms with Crippen molar-refractivity contribution in [2.75, 3.05) is 0 Å². The Morgan fingerprint density at radius 2 is 1.79 bits per heavy atom. The van der Waals surface area contributed by atoms with E-state index in [2.05, 4.69) is 20.5 Å². The van der Waals surface area contributed by atoms with E-state index in [-0.39, 0.29) is 18.5 Å². The molecule has 5 rings (SSSR count). The zero-order valence-corrected chi connectivity index (χ0v) is 18.3. The van der Waals surface area contributed by atoms with Crippen molar-refractivity contribution in [2.45, 2.75) is 25.9 Å². The standard InChI is InChI=1S/C24H21N7O3/c1-15-4-6-16(7-5-15)19-13-20(21-3-2-12-34-21)31(27-19)22(32)14-30-28-24(26-29-30)18-10-8-17(9-11-18)23(25)33/h2-12,20H,13-14H2,1H3,(H2,25,33)/t20-/m0/s1. The third-order valence-corrected chi connectivity index (χ3v) is 5.58. The van der Waals surface area contributed by atoms with Crippen molar-refractivity contribution in [2.24, 2.45) is 10.8 Å². The predicted octanol–water partition coefficient (Wildman–Crippen LogP) is 2.72. The number of hydrogen-bond donors (Lipinski definition) is 1. The van der Waals surface area contributed by atoms with Crippen LogP contribution in [0.3, 0.4) is 0 Å². The molecule has 0 bridgehead atoms. The number of aryl methyl sites for hydroxylation is 1. The van der Waals surface area contributed by atoms with E-state index in [4.69, 9.17) is 10.2 Å². The molecule has 0 unspecified atom stereocenters. The fourth-order valence-electron chi connectivity index (χ4n) is 3.77. The average Bonchev–Trinajstić information content (AvgIpc) is 3.60. The lowest BCUT2D eigenvalue weighted by molar-refractivity contribution is -0.134. The zero-order valence-electron chi connectivity index (χ0n) is 18.3. The molecule has 34 heavy (non-hydrogen) atoms. The van der Waals surface area contributed by atoms with Gasteiger partial charge >= 0.3 is 0 Å². The third kappa shape index (κ3) is 4.20. The zero-order chi connectivity index (χ0) is 23.7. The van der Waals surface area contributed by atoms with E-state index in [0.717, 1.165) is 16.8 Å². The topological polar surface area (TPSA) is 132 Å². The Bertz CT molecular complexity index is 1360. The molecule has 0 radical (unpaired) electrons. The van der Waals surface area contributed by atoms with Gasteiger partial charge in [0.15, 0.2) is 0 Å². The number of carbonyl (C=O) groups is 2. The number of tetrazole rings is 1. The summed E-state index contributed by atoms with van der Waals surface area (Å²) in [5.41, 5.74) is 9.21. The van der Waals surface area contributed by atoms with E-state index >= 15 is 0 Å². The van der Waals surface area contributed by atoms with Gasteiger partial charge in [-0.3, -0.25) is 9.59 Å². The first-order valence-electron chi connectivity index (χ1n) is 10.7. The van der Waals surface area contributed by atoms with E-state index in [1.54, 1.807) is 36.6 Å². The summed E-state index contributed by atoms with van der Waals surface area (Å²) in [6, 6.07) is 17.8. The molecule has 1 aliphatic rings. The fourth-order valence-corrected chi connectivity index (χ4v) is 3.77. The van der Waals surface area contributed by atoms with E-state index in [9.17, 15) is 9.59 Å². The Morgan fingerprint density at radius 3 is 2.47 bits per heavy atom. The first-order valence-corrected chi connectivity index (χ1v) is 10.7. The van der Waals surface area contributed by atoms with Crippen molar-refractivity contribution < 1.29 is 14.0 Å². The summed E-state index contributed by atoms with van der Waals surface area (Å²) in [5.74, 6) is 0.172. The SMILES string of the molecule is Cc1ccc(C2=NN(C(=O)Cn3nnc(-c4ccc(C(N)=O)cc4)n3)[C@H](c3ccco3)C2)cc1. The maximum Gasteiger partial charge on any atom is 0.267 e. The lowest BCUT2D eigenvalue weighted by Crippen LogP contribution is -2.31. The van der Waals surface area contributed by atoms with Crippen LogP contribution in [-0.2, 0) is 11.3 Å². The van der Waals surface area contributed by atoms with Gasteiger partial charge in [0.25, 0.3) is 5.91 Å². The van der Waals surface area contributed by atoms with Crippen LogP contribution in [0.25, 0.3) is 11.4 Å². The predicted molar refractivity (Wildman–Crippen MR) is 122 cm³/mol. The average molecular weight is 455 g/mol. The highest BCUT2D eigenvalue weighted by Gasteiger charge is 2.35. The fraction of sp³-hybridized carbons (Fsp3) is 0.167. The molecule has 0 saturated heterocycles. The lowest BCUT2D eigenvalue weighted by atomic mass is 10.0. The Hall–Kier alpha value is -4.60. The number of furan rings is 1. The highest BCUT2D eigenvalue weighted by molar-refractivity contribution is 6.03. The summed E-state index contributed by atoms with van der Waals surface area (Å²) in [4.78, 5) is 25.7. The summed E-state index contributed by atoms with van der Waals surface area (Å²) < 4.78 is 5.59. The van der Waals surface area contributed by atoms with Crippen molar-refractivity contribution in [1.29, 1.82) is 0 Å². The van der Waals surface area contributed by atoms with Gasteiger partial charge in [0, 0.05) is 17.5 Å². The molecule has 10 nitrogen and oxygen atoms in total. The van der Waals surface area contributed by atoms with Gasteiger partial charge in [-0.25, -0.2) is 5.01 Å². The number of carbonyl (C=O) groups excluding carboxylic acids is 2. The van der Waals surface area contributed by atoms with Crippen LogP contribution in [0.5, 0.6) is 0 Å². The van der Waals surface area contributed by atoms with Gasteiger partial charge in [-0.15, -0.1) is 10.2 Å². The molecule has 2 aromatic heterocycles. The first-order chi connectivity index (χ1) is 16.5. The minimum atomic E-state index is -0.518. The van der Waals surface area contributed by atoms with Crippen molar-refractivity contribution in [3.8, 4) is 11.4 Å². The molecule has 0 aliphatic carbocycles. The molecule has 0 saturated carbocycles. The molecular weight excluding hydrogens is 434 g/mol. The van der Waals surface area contributed by atoms with Gasteiger partial charge < -0.3 is 10.2 Å². The minimum absolute atomic E-state index is 0.145. The Balaban J connectivity index is 1.37. The van der Waals surface area contributed by atoms with Gasteiger partial charge in [-0.2, -0.15) is 9.90 Å². The van der Waals surface area contributed by atoms with E-state index < -0.39 is 5.91 Å². The lowest BCUT2D eigenvalue weighted by Gasteiger charge is -2.19. The maximum absolute atomic E-state index is 13.2. The van der Waals surface area contributed by atoms with Crippen LogP contribution in [0.4, 0.5) is 0 Å². The third-order valence-electron chi connectivity index (χ3n) is 5.58. The largest absolute Gasteiger partial charge is 0.467 e. The van der Waals surface area contributed by atoms with E-state index in [1.165, 1.54) is 9.81 Å². The van der Waals surface area contributed by atoms with E-state index in [1.807, 2.05) is 37.3 Å². The number of rotatable bonds is 6. The van der Waals surface area contributed by atoms with Gasteiger partial charge in [0.05, 0.1) is 12.0 Å². The number of aromatic nitrogens is 4. The molecule has 10 heteroatoms. The normalized spacial score (nSPS) is 15.4. The van der Waals surface area contributed by atoms with Crippen molar-refractivity contribution >= 4 is 17.5 Å². The maximum atomic E-state index is 13.2. The number of primary amides is 1. The second kappa shape index (κ2) is 8.74. The number of benzene rings is 2. The van der Waals surface area contributed by atoms with Crippen LogP contribution in [0.1, 0.15) is 39.7 Å². The summed E-state index contributed by atoms with van der Waals surface area (Å²) >= 11 is 0. The van der Waals surface area contributed by atoms with Crippen LogP contribution in [0, 0.1) is 6.92 Å². The smallest absolute Gasteiger partial charge is 0.267 e. The van der Waals surface area contributed by atoms with Crippen LogP contribution in [-0.4, -0.2) is 42.7 Å². The number of hydrazone groups is 1. The molecule has 3 heterocycles. The second-order valence-electron chi connectivity index (χ2n) is 7.97. The quantitative estimate of drug-likeness (QED) is 0.475. The number of nitrogens with zero attached hydrogens (tertiary/aromatic N) is 6. The van der Waals surface area contributed by atoms with Crippen LogP contribution in [0.15, 0.2) is 76.4 Å². The molecule has 1 atom stereocenters. The Labute approximate surface area is 194 Å². The summed E-state index contributed by atoms with van der Waals surface area (Å²) in [5, 5.41) is 18.4. The first kappa shape index (κ1) is 21.3. The van der Waals surface area contributed by atoms with Gasteiger partial charge in [0.2, 0.25) is 11.7 Å². The number of nitrogens with two attached hydrogens (primary N) is 1. The molecule has 170 valence electrons. The molecule has 2 N–H and O–H groups in total. The summed E-state index contributed by atoms with van der Waals surface area (Å²) in [6.07, 6.45) is 2.11. The Morgan fingerprint density at radius 1 is 1.06 bits per heavy atom. The molecule has 0 spiro atoms. The molecule has 2 aromatic carbocycles. The van der Waals surface area contributed by atoms with Crippen molar-refractivity contribution in [3.63, 3.8) is 0 Å². The van der Waals surface area contributed by atoms with Gasteiger partial charge in [-0.1, -0.05) is 42.0 Å². The number of hydrogen-bond acceptors (Lipinski definition) is 7. The molecule has 1 aliphatic heterocycles. The number of amides is 2. The van der Waals surface area contributed by atoms with Crippen LogP contribution >= 0.6 is 0 Å². The molecule has 4 aromatic rings. The van der Waals surface area contributed by atoms with Crippen LogP contribution in [0.2, 0.25) is 0 Å². The van der Waals surface area contributed by atoms with Crippen molar-refractivity contribution in [3.05, 3.63) is 89.4 Å². The van der Waals surface area contributed by atoms with Gasteiger partial charge in [0.1, 0.15) is 18.3 Å². The second-order valence-corrected chi connectivity index (χ2v) is 7.97. The Kier molecular flexibility index (Phi) is 5.46. The summed E-state index contributed by atoms with van der Waals surface area (Å²) in [6.45, 7) is 1.88. The minimum Gasteiger partial charge on any atom is -0.467 e. The highest BCUT2D eigenvalue weighted by atomic mass is 16.3. The molecule has 0 fully saturated rings. The monoisotopic (exact) mass is 455 g/mol. The van der Waals surface area contributed by atoms with Crippen LogP contribution < -0.4 is 5.73 Å². The molecule has 2 amide bonds. The summed E-state index contributed by atoms with van der Waals surface area (Å²) in [7, 11) is 0. The highest BCUT2D eigenvalue weighted by Crippen LogP contribution is 2.33. The van der Waals surface area contributed by atoms with Crippen molar-refractivity contribution in [1.82, 2.24) is 25.2 Å². The molecular formula is C24H21N7O3. The van der Waals surface area contributed by atoms with E-state index in [0.29, 0.717) is 29.1 Å².